The van der Waals surface area contributed by atoms with E-state index in [0.717, 1.165) is 12.8 Å². The zero-order valence-electron chi connectivity index (χ0n) is 13.0. The molecule has 4 nitrogen and oxygen atoms in total. The predicted molar refractivity (Wildman–Crippen MR) is 84.5 cm³/mol. The van der Waals surface area contributed by atoms with Crippen LogP contribution in [0, 0.1) is 6.92 Å². The molecular formula is C16H26O4S. The molecule has 0 heterocycles. The minimum absolute atomic E-state index is 0.0641. The highest BCUT2D eigenvalue weighted by Gasteiger charge is 2.13. The fourth-order valence-corrected chi connectivity index (χ4v) is 2.96. The Morgan fingerprint density at radius 1 is 1.05 bits per heavy atom. The molecule has 0 saturated carbocycles. The summed E-state index contributed by atoms with van der Waals surface area (Å²) in [5.74, 6) is 0.644. The third kappa shape index (κ3) is 6.96. The van der Waals surface area contributed by atoms with E-state index in [1.54, 1.807) is 19.1 Å². The Hall–Kier alpha value is -1.07. The molecule has 120 valence electrons. The lowest BCUT2D eigenvalue weighted by molar-refractivity contribution is 0.304. The minimum atomic E-state index is -4.15. The standard InChI is InChI=1S/C16H26O4S/c1-3-4-5-6-7-8-9-12-20-15-10-11-16(14(2)13-15)21(17,18)19/h10-11,13H,3-9,12H2,1-2H3,(H,17,18,19). The molecule has 0 spiro atoms. The van der Waals surface area contributed by atoms with Gasteiger partial charge in [-0.05, 0) is 37.1 Å². The van der Waals surface area contributed by atoms with Crippen molar-refractivity contribution in [2.45, 2.75) is 63.7 Å². The smallest absolute Gasteiger partial charge is 0.294 e. The van der Waals surface area contributed by atoms with Crippen molar-refractivity contribution in [3.63, 3.8) is 0 Å². The molecule has 0 amide bonds. The molecule has 1 rings (SSSR count). The molecular weight excluding hydrogens is 288 g/mol. The van der Waals surface area contributed by atoms with E-state index in [1.165, 1.54) is 38.2 Å². The molecule has 0 atom stereocenters. The predicted octanol–water partition coefficient (Wildman–Crippen LogP) is 4.37. The first-order valence-electron chi connectivity index (χ1n) is 7.66. The molecule has 0 radical (unpaired) electrons. The van der Waals surface area contributed by atoms with Crippen LogP contribution in [0.4, 0.5) is 0 Å². The van der Waals surface area contributed by atoms with Crippen molar-refractivity contribution in [2.75, 3.05) is 6.61 Å². The van der Waals surface area contributed by atoms with E-state index in [4.69, 9.17) is 9.29 Å². The molecule has 0 unspecified atom stereocenters. The van der Waals surface area contributed by atoms with Crippen molar-refractivity contribution >= 4 is 10.1 Å². The Labute approximate surface area is 128 Å². The topological polar surface area (TPSA) is 63.6 Å². The van der Waals surface area contributed by atoms with Crippen molar-refractivity contribution in [3.8, 4) is 5.75 Å². The first-order chi connectivity index (χ1) is 9.95. The van der Waals surface area contributed by atoms with E-state index in [1.807, 2.05) is 0 Å². The van der Waals surface area contributed by atoms with Crippen LogP contribution in [0.1, 0.15) is 57.4 Å². The molecule has 0 bridgehead atoms. The molecule has 0 aliphatic carbocycles. The van der Waals surface area contributed by atoms with E-state index >= 15 is 0 Å². The summed E-state index contributed by atoms with van der Waals surface area (Å²) in [6, 6.07) is 4.60. The number of ether oxygens (including phenoxy) is 1. The minimum Gasteiger partial charge on any atom is -0.494 e. The van der Waals surface area contributed by atoms with Gasteiger partial charge in [0, 0.05) is 0 Å². The molecule has 5 heteroatoms. The quantitative estimate of drug-likeness (QED) is 0.514. The van der Waals surface area contributed by atoms with Crippen LogP contribution < -0.4 is 4.74 Å². The highest BCUT2D eigenvalue weighted by Crippen LogP contribution is 2.21. The lowest BCUT2D eigenvalue weighted by Gasteiger charge is -2.09. The molecule has 21 heavy (non-hydrogen) atoms. The molecule has 1 aromatic rings. The third-order valence-electron chi connectivity index (χ3n) is 3.44. The van der Waals surface area contributed by atoms with E-state index in [0.29, 0.717) is 17.9 Å². The summed E-state index contributed by atoms with van der Waals surface area (Å²) in [4.78, 5) is -0.0641. The van der Waals surface area contributed by atoms with Crippen molar-refractivity contribution < 1.29 is 17.7 Å². The van der Waals surface area contributed by atoms with Crippen LogP contribution in [-0.4, -0.2) is 19.6 Å². The number of hydrogen-bond acceptors (Lipinski definition) is 3. The summed E-state index contributed by atoms with van der Waals surface area (Å²) in [6.45, 7) is 4.49. The number of rotatable bonds is 10. The lowest BCUT2D eigenvalue weighted by atomic mass is 10.1. The van der Waals surface area contributed by atoms with Crippen molar-refractivity contribution in [1.82, 2.24) is 0 Å². The largest absolute Gasteiger partial charge is 0.494 e. The summed E-state index contributed by atoms with van der Waals surface area (Å²) < 4.78 is 36.8. The summed E-state index contributed by atoms with van der Waals surface area (Å²) in [7, 11) is -4.15. The Morgan fingerprint density at radius 3 is 2.24 bits per heavy atom. The fraction of sp³-hybridized carbons (Fsp3) is 0.625. The van der Waals surface area contributed by atoms with E-state index in [-0.39, 0.29) is 4.90 Å². The molecule has 0 aliphatic heterocycles. The van der Waals surface area contributed by atoms with Crippen LogP contribution in [0.5, 0.6) is 5.75 Å². The van der Waals surface area contributed by atoms with Crippen LogP contribution in [0.2, 0.25) is 0 Å². The average Bonchev–Trinajstić information content (AvgIpc) is 2.40. The molecule has 0 fully saturated rings. The van der Waals surface area contributed by atoms with Crippen molar-refractivity contribution in [3.05, 3.63) is 23.8 Å². The van der Waals surface area contributed by atoms with E-state index in [2.05, 4.69) is 6.92 Å². The van der Waals surface area contributed by atoms with Crippen LogP contribution in [0.15, 0.2) is 23.1 Å². The van der Waals surface area contributed by atoms with E-state index in [9.17, 15) is 8.42 Å². The normalized spacial score (nSPS) is 11.6. The number of benzene rings is 1. The van der Waals surface area contributed by atoms with Crippen molar-refractivity contribution in [2.24, 2.45) is 0 Å². The van der Waals surface area contributed by atoms with Gasteiger partial charge in [-0.2, -0.15) is 8.42 Å². The van der Waals surface area contributed by atoms with Gasteiger partial charge in [0.25, 0.3) is 10.1 Å². The van der Waals surface area contributed by atoms with Gasteiger partial charge in [0.2, 0.25) is 0 Å². The van der Waals surface area contributed by atoms with Crippen molar-refractivity contribution in [1.29, 1.82) is 0 Å². The van der Waals surface area contributed by atoms with Gasteiger partial charge < -0.3 is 4.74 Å². The first kappa shape index (κ1) is 18.0. The molecule has 1 aromatic carbocycles. The van der Waals surface area contributed by atoms with Crippen LogP contribution in [0.25, 0.3) is 0 Å². The van der Waals surface area contributed by atoms with Gasteiger partial charge in [0.1, 0.15) is 5.75 Å². The van der Waals surface area contributed by atoms with Gasteiger partial charge in [-0.15, -0.1) is 0 Å². The maximum Gasteiger partial charge on any atom is 0.294 e. The molecule has 1 N–H and O–H groups in total. The maximum atomic E-state index is 11.1. The number of unbranched alkanes of at least 4 members (excludes halogenated alkanes) is 6. The maximum absolute atomic E-state index is 11.1. The van der Waals surface area contributed by atoms with Gasteiger partial charge in [-0.1, -0.05) is 45.4 Å². The lowest BCUT2D eigenvalue weighted by Crippen LogP contribution is -2.02. The number of aryl methyl sites for hydroxylation is 1. The second-order valence-corrected chi connectivity index (χ2v) is 6.76. The fourth-order valence-electron chi connectivity index (χ4n) is 2.25. The van der Waals surface area contributed by atoms with Gasteiger partial charge in [0.15, 0.2) is 0 Å². The Morgan fingerprint density at radius 2 is 1.67 bits per heavy atom. The second kappa shape index (κ2) is 9.05. The van der Waals surface area contributed by atoms with Gasteiger partial charge >= 0.3 is 0 Å². The van der Waals surface area contributed by atoms with Gasteiger partial charge in [-0.3, -0.25) is 4.55 Å². The average molecular weight is 314 g/mol. The zero-order valence-corrected chi connectivity index (χ0v) is 13.8. The Bertz CT molecular complexity index is 523. The molecule has 0 aliphatic rings. The number of hydrogen-bond donors (Lipinski definition) is 1. The summed E-state index contributed by atoms with van der Waals surface area (Å²) in [6.07, 6.45) is 8.59. The molecule has 0 saturated heterocycles. The molecule has 0 aromatic heterocycles. The van der Waals surface area contributed by atoms with Crippen LogP contribution in [-0.2, 0) is 10.1 Å². The first-order valence-corrected chi connectivity index (χ1v) is 9.10. The zero-order chi connectivity index (χ0) is 15.7. The summed E-state index contributed by atoms with van der Waals surface area (Å²) in [5.41, 5.74) is 0.495. The highest BCUT2D eigenvalue weighted by molar-refractivity contribution is 7.85. The van der Waals surface area contributed by atoms with Gasteiger partial charge in [0.05, 0.1) is 11.5 Å². The third-order valence-corrected chi connectivity index (χ3v) is 4.45. The SMILES string of the molecule is CCCCCCCCCOc1ccc(S(=O)(=O)O)c(C)c1. The second-order valence-electron chi connectivity index (χ2n) is 5.37. The Kier molecular flexibility index (Phi) is 7.75. The van der Waals surface area contributed by atoms with Gasteiger partial charge in [-0.25, -0.2) is 0 Å². The Balaban J connectivity index is 2.29. The van der Waals surface area contributed by atoms with E-state index < -0.39 is 10.1 Å². The summed E-state index contributed by atoms with van der Waals surface area (Å²) >= 11 is 0. The van der Waals surface area contributed by atoms with Crippen LogP contribution >= 0.6 is 0 Å². The summed E-state index contributed by atoms with van der Waals surface area (Å²) in [5, 5.41) is 0. The highest BCUT2D eigenvalue weighted by atomic mass is 32.2. The van der Waals surface area contributed by atoms with Crippen LogP contribution in [0.3, 0.4) is 0 Å². The monoisotopic (exact) mass is 314 g/mol.